The van der Waals surface area contributed by atoms with Crippen molar-refractivity contribution in [2.45, 2.75) is 6.55 Å². The summed E-state index contributed by atoms with van der Waals surface area (Å²) in [6, 6.07) is 9.88. The second-order valence-electron chi connectivity index (χ2n) is 4.76. The van der Waals surface area contributed by atoms with Crippen LogP contribution in [0, 0.1) is 0 Å². The van der Waals surface area contributed by atoms with Gasteiger partial charge in [0.2, 0.25) is 0 Å². The summed E-state index contributed by atoms with van der Waals surface area (Å²) in [5.74, 6) is 0. The van der Waals surface area contributed by atoms with E-state index in [2.05, 4.69) is 5.32 Å². The molecule has 0 atom stereocenters. The van der Waals surface area contributed by atoms with E-state index < -0.39 is 17.4 Å². The molecule has 1 rings (SSSR count). The number of hydrogen-bond acceptors (Lipinski definition) is 7. The maximum absolute atomic E-state index is 5.34. The number of anilines is 1. The minimum absolute atomic E-state index is 0.514. The van der Waals surface area contributed by atoms with Crippen LogP contribution in [0.5, 0.6) is 0 Å². The summed E-state index contributed by atoms with van der Waals surface area (Å²) in [5, 5.41) is 3.23. The molecule has 3 N–H and O–H groups in total. The summed E-state index contributed by atoms with van der Waals surface area (Å²) < 4.78 is 25.9. The van der Waals surface area contributed by atoms with E-state index in [4.69, 9.17) is 27.9 Å². The standard InChI is InChI=1S/C10H17NO3Si.C4H13NO2Si/c1-12-15(13-2,14-3)9-11-10-7-5-4-6-8-10;1-6-8(3,4-5)7-2/h4-8,11H,9H2,1-3H3;4-5H2,1-3H3. The van der Waals surface area contributed by atoms with Crippen LogP contribution in [0.1, 0.15) is 0 Å². The van der Waals surface area contributed by atoms with Gasteiger partial charge in [0.05, 0.1) is 6.17 Å². The first kappa shape index (κ1) is 22.2. The van der Waals surface area contributed by atoms with E-state index in [1.165, 1.54) is 0 Å². The zero-order chi connectivity index (χ0) is 17.8. The van der Waals surface area contributed by atoms with Gasteiger partial charge in [0.1, 0.15) is 0 Å². The molecule has 0 saturated carbocycles. The monoisotopic (exact) mass is 362 g/mol. The van der Waals surface area contributed by atoms with Crippen molar-refractivity contribution in [2.75, 3.05) is 53.2 Å². The molecule has 0 aliphatic carbocycles. The first-order valence-corrected chi connectivity index (χ1v) is 11.6. The van der Waals surface area contributed by atoms with Gasteiger partial charge in [-0.15, -0.1) is 0 Å². The Morgan fingerprint density at radius 2 is 1.35 bits per heavy atom. The van der Waals surface area contributed by atoms with Crippen LogP contribution in [0.15, 0.2) is 30.3 Å². The largest absolute Gasteiger partial charge is 0.520 e. The predicted octanol–water partition coefficient (Wildman–Crippen LogP) is 1.36. The fraction of sp³-hybridized carbons (Fsp3) is 0.571. The van der Waals surface area contributed by atoms with Crippen LogP contribution in [-0.4, -0.2) is 65.3 Å². The maximum atomic E-state index is 5.34. The molecule has 0 fully saturated rings. The van der Waals surface area contributed by atoms with Crippen LogP contribution in [0.3, 0.4) is 0 Å². The molecule has 23 heavy (non-hydrogen) atoms. The minimum Gasteiger partial charge on any atom is -0.397 e. The molecule has 1 aromatic rings. The lowest BCUT2D eigenvalue weighted by atomic mass is 10.3. The molecule has 0 aromatic heterocycles. The third-order valence-corrected chi connectivity index (χ3v) is 8.39. The fourth-order valence-corrected chi connectivity index (χ4v) is 3.34. The molecule has 0 radical (unpaired) electrons. The van der Waals surface area contributed by atoms with Crippen molar-refractivity contribution in [3.05, 3.63) is 30.3 Å². The Kier molecular flexibility index (Phi) is 11.3. The predicted molar refractivity (Wildman–Crippen MR) is 96.4 cm³/mol. The number of hydrogen-bond donors (Lipinski definition) is 2. The van der Waals surface area contributed by atoms with Crippen LogP contribution in [0.4, 0.5) is 5.69 Å². The van der Waals surface area contributed by atoms with Gasteiger partial charge in [0, 0.05) is 47.4 Å². The van der Waals surface area contributed by atoms with Crippen molar-refractivity contribution in [1.29, 1.82) is 0 Å². The summed E-state index contributed by atoms with van der Waals surface area (Å²) in [6.07, 6.45) is 1.07. The van der Waals surface area contributed by atoms with Crippen LogP contribution in [-0.2, 0) is 22.1 Å². The summed E-state index contributed by atoms with van der Waals surface area (Å²) in [6.45, 7) is 1.92. The Labute approximate surface area is 141 Å². The Morgan fingerprint density at radius 1 is 0.870 bits per heavy atom. The summed E-state index contributed by atoms with van der Waals surface area (Å²) in [4.78, 5) is 0. The molecule has 0 unspecified atom stereocenters. The highest BCUT2D eigenvalue weighted by molar-refractivity contribution is 6.66. The summed E-state index contributed by atoms with van der Waals surface area (Å²) in [7, 11) is 3.66. The normalized spacial score (nSPS) is 11.6. The molecule has 0 aliphatic rings. The second kappa shape index (κ2) is 11.7. The molecule has 1 aromatic carbocycles. The average Bonchev–Trinajstić information content (AvgIpc) is 2.64. The van der Waals surface area contributed by atoms with E-state index >= 15 is 0 Å². The van der Waals surface area contributed by atoms with Crippen molar-refractivity contribution in [1.82, 2.24) is 0 Å². The Hall–Kier alpha value is -0.786. The fourth-order valence-electron chi connectivity index (χ4n) is 1.48. The quantitative estimate of drug-likeness (QED) is 0.642. The van der Waals surface area contributed by atoms with Crippen molar-refractivity contribution in [2.24, 2.45) is 5.73 Å². The van der Waals surface area contributed by atoms with Gasteiger partial charge in [-0.3, -0.25) is 0 Å². The molecule has 0 amide bonds. The topological polar surface area (TPSA) is 84.2 Å². The number of benzene rings is 1. The van der Waals surface area contributed by atoms with Crippen molar-refractivity contribution < 1.29 is 22.1 Å². The molecule has 0 heterocycles. The zero-order valence-electron chi connectivity index (χ0n) is 14.9. The molecule has 9 heteroatoms. The third-order valence-electron chi connectivity index (χ3n) is 3.45. The van der Waals surface area contributed by atoms with Crippen molar-refractivity contribution >= 4 is 23.1 Å². The number of para-hydroxylation sites is 1. The van der Waals surface area contributed by atoms with E-state index in [1.54, 1.807) is 35.5 Å². The van der Waals surface area contributed by atoms with Gasteiger partial charge in [-0.25, -0.2) is 0 Å². The number of nitrogens with one attached hydrogen (secondary N) is 1. The van der Waals surface area contributed by atoms with E-state index in [1.807, 2.05) is 36.9 Å². The summed E-state index contributed by atoms with van der Waals surface area (Å²) in [5.41, 5.74) is 6.37. The lowest BCUT2D eigenvalue weighted by Crippen LogP contribution is -2.49. The molecule has 0 bridgehead atoms. The molecular weight excluding hydrogens is 332 g/mol. The van der Waals surface area contributed by atoms with Crippen LogP contribution in [0.2, 0.25) is 6.55 Å². The molecule has 134 valence electrons. The van der Waals surface area contributed by atoms with Crippen LogP contribution < -0.4 is 11.1 Å². The maximum Gasteiger partial charge on any atom is 0.520 e. The lowest BCUT2D eigenvalue weighted by Gasteiger charge is -2.24. The molecule has 7 nitrogen and oxygen atoms in total. The van der Waals surface area contributed by atoms with Gasteiger partial charge in [-0.1, -0.05) is 18.2 Å². The highest BCUT2D eigenvalue weighted by Crippen LogP contribution is 2.10. The highest BCUT2D eigenvalue weighted by Gasteiger charge is 2.37. The molecular formula is C14H30N2O5Si2. The van der Waals surface area contributed by atoms with Gasteiger partial charge in [-0.2, -0.15) is 0 Å². The van der Waals surface area contributed by atoms with Crippen LogP contribution >= 0.6 is 0 Å². The molecule has 0 saturated heterocycles. The Balaban J connectivity index is 0.000000515. The first-order chi connectivity index (χ1) is 10.9. The Bertz CT molecular complexity index is 387. The smallest absolute Gasteiger partial charge is 0.397 e. The SMILES string of the molecule is CO[Si](C)(CN)OC.CO[Si](CNc1ccccc1)(OC)OC. The van der Waals surface area contributed by atoms with Gasteiger partial charge < -0.3 is 33.2 Å². The second-order valence-corrected chi connectivity index (χ2v) is 11.2. The third kappa shape index (κ3) is 8.04. The first-order valence-electron chi connectivity index (χ1n) is 7.19. The number of rotatable bonds is 9. The number of nitrogens with two attached hydrogens (primary N) is 1. The molecule has 0 spiro atoms. The van der Waals surface area contributed by atoms with E-state index in [9.17, 15) is 0 Å². The van der Waals surface area contributed by atoms with Crippen LogP contribution in [0.25, 0.3) is 0 Å². The van der Waals surface area contributed by atoms with Crippen molar-refractivity contribution in [3.8, 4) is 0 Å². The lowest BCUT2D eigenvalue weighted by molar-refractivity contribution is 0.127. The molecule has 0 aliphatic heterocycles. The Morgan fingerprint density at radius 3 is 1.65 bits per heavy atom. The van der Waals surface area contributed by atoms with Gasteiger partial charge >= 0.3 is 17.4 Å². The average molecular weight is 363 g/mol. The minimum atomic E-state index is -2.51. The van der Waals surface area contributed by atoms with E-state index in [0.717, 1.165) is 5.69 Å². The van der Waals surface area contributed by atoms with Gasteiger partial charge in [-0.05, 0) is 18.7 Å². The van der Waals surface area contributed by atoms with E-state index in [-0.39, 0.29) is 0 Å². The zero-order valence-corrected chi connectivity index (χ0v) is 16.9. The summed E-state index contributed by atoms with van der Waals surface area (Å²) >= 11 is 0. The van der Waals surface area contributed by atoms with Gasteiger partial charge in [0.15, 0.2) is 0 Å². The van der Waals surface area contributed by atoms with Crippen molar-refractivity contribution in [3.63, 3.8) is 0 Å². The van der Waals surface area contributed by atoms with Gasteiger partial charge in [0.25, 0.3) is 0 Å². The highest BCUT2D eigenvalue weighted by atomic mass is 28.4. The van der Waals surface area contributed by atoms with E-state index in [0.29, 0.717) is 12.3 Å².